The standard InChI is InChI=1S/C31H37ClFN3O4S/c1-4-23(2)34-31(38)29(21-24-12-6-5-7-13-24)35(22-25-14-10-15-26(32)20-25)30(37)18-11-19-36(41(3,39)40)28-17-9-8-16-27(28)33/h5-10,12-17,20,23,29H,4,11,18-19,21-22H2,1-3H3,(H,34,38). The van der Waals surface area contributed by atoms with Crippen molar-refractivity contribution in [1.82, 2.24) is 10.2 Å². The van der Waals surface area contributed by atoms with E-state index in [-0.39, 0.29) is 49.5 Å². The van der Waals surface area contributed by atoms with Crippen LogP contribution in [0.3, 0.4) is 0 Å². The summed E-state index contributed by atoms with van der Waals surface area (Å²) in [5.41, 5.74) is 1.57. The molecule has 0 aliphatic heterocycles. The molecule has 7 nitrogen and oxygen atoms in total. The van der Waals surface area contributed by atoms with Gasteiger partial charge in [0, 0.05) is 37.0 Å². The van der Waals surface area contributed by atoms with Gasteiger partial charge in [-0.3, -0.25) is 13.9 Å². The summed E-state index contributed by atoms with van der Waals surface area (Å²) < 4.78 is 40.4. The van der Waals surface area contributed by atoms with Gasteiger partial charge < -0.3 is 10.2 Å². The number of nitrogens with zero attached hydrogens (tertiary/aromatic N) is 2. The molecule has 0 radical (unpaired) electrons. The molecule has 0 saturated carbocycles. The van der Waals surface area contributed by atoms with E-state index in [2.05, 4.69) is 5.32 Å². The number of halogens is 2. The van der Waals surface area contributed by atoms with E-state index < -0.39 is 21.9 Å². The van der Waals surface area contributed by atoms with Crippen molar-refractivity contribution in [3.05, 3.63) is 101 Å². The van der Waals surface area contributed by atoms with Crippen molar-refractivity contribution in [1.29, 1.82) is 0 Å². The van der Waals surface area contributed by atoms with Crippen molar-refractivity contribution in [3.8, 4) is 0 Å². The number of carbonyl (C=O) groups is 2. The van der Waals surface area contributed by atoms with Gasteiger partial charge in [-0.15, -0.1) is 0 Å². The number of anilines is 1. The fraction of sp³-hybridized carbons (Fsp3) is 0.355. The molecule has 0 aliphatic carbocycles. The second kappa shape index (κ2) is 15.0. The molecule has 0 heterocycles. The molecule has 0 saturated heterocycles. The summed E-state index contributed by atoms with van der Waals surface area (Å²) in [6.07, 6.45) is 2.09. The van der Waals surface area contributed by atoms with Crippen molar-refractivity contribution in [2.45, 2.75) is 58.2 Å². The molecular weight excluding hydrogens is 565 g/mol. The number of rotatable bonds is 14. The number of carbonyl (C=O) groups excluding carboxylic acids is 2. The van der Waals surface area contributed by atoms with E-state index in [0.717, 1.165) is 28.1 Å². The van der Waals surface area contributed by atoms with Gasteiger partial charge in [-0.1, -0.05) is 73.1 Å². The van der Waals surface area contributed by atoms with Crippen molar-refractivity contribution in [2.24, 2.45) is 0 Å². The Morgan fingerprint density at radius 1 is 0.976 bits per heavy atom. The minimum absolute atomic E-state index is 0.0526. The Kier molecular flexibility index (Phi) is 11.7. The zero-order valence-corrected chi connectivity index (χ0v) is 25.2. The summed E-state index contributed by atoms with van der Waals surface area (Å²) in [5.74, 6) is -1.27. The van der Waals surface area contributed by atoms with Crippen LogP contribution in [0.15, 0.2) is 78.9 Å². The Morgan fingerprint density at radius 2 is 1.63 bits per heavy atom. The van der Waals surface area contributed by atoms with Crippen LogP contribution in [0.4, 0.5) is 10.1 Å². The lowest BCUT2D eigenvalue weighted by Crippen LogP contribution is -2.52. The normalized spacial score (nSPS) is 12.8. The van der Waals surface area contributed by atoms with Gasteiger partial charge in [0.1, 0.15) is 11.9 Å². The van der Waals surface area contributed by atoms with Crippen molar-refractivity contribution in [3.63, 3.8) is 0 Å². The Labute approximate surface area is 247 Å². The Bertz CT molecular complexity index is 1420. The van der Waals surface area contributed by atoms with E-state index in [9.17, 15) is 22.4 Å². The van der Waals surface area contributed by atoms with Crippen LogP contribution in [-0.2, 0) is 32.6 Å². The van der Waals surface area contributed by atoms with E-state index in [4.69, 9.17) is 11.6 Å². The van der Waals surface area contributed by atoms with Gasteiger partial charge in [0.25, 0.3) is 0 Å². The second-order valence-electron chi connectivity index (χ2n) is 10.1. The maximum atomic E-state index is 14.5. The number of benzene rings is 3. The SMILES string of the molecule is CCC(C)NC(=O)C(Cc1ccccc1)N(Cc1cccc(Cl)c1)C(=O)CCCN(c1ccccc1F)S(C)(=O)=O. The maximum Gasteiger partial charge on any atom is 0.243 e. The number of sulfonamides is 1. The molecule has 10 heteroatoms. The minimum atomic E-state index is -3.81. The Hall–Kier alpha value is -3.43. The Morgan fingerprint density at radius 3 is 2.27 bits per heavy atom. The van der Waals surface area contributed by atoms with Crippen LogP contribution in [0.2, 0.25) is 5.02 Å². The highest BCUT2D eigenvalue weighted by Crippen LogP contribution is 2.23. The lowest BCUT2D eigenvalue weighted by Gasteiger charge is -2.32. The van der Waals surface area contributed by atoms with Gasteiger partial charge in [0.15, 0.2) is 0 Å². The van der Waals surface area contributed by atoms with Crippen LogP contribution in [0.5, 0.6) is 0 Å². The summed E-state index contributed by atoms with van der Waals surface area (Å²) in [4.78, 5) is 29.0. The molecule has 0 spiro atoms. The predicted octanol–water partition coefficient (Wildman–Crippen LogP) is 5.58. The summed E-state index contributed by atoms with van der Waals surface area (Å²) in [6, 6.07) is 21.3. The van der Waals surface area contributed by atoms with Gasteiger partial charge in [-0.25, -0.2) is 12.8 Å². The first-order valence-corrected chi connectivity index (χ1v) is 15.8. The highest BCUT2D eigenvalue weighted by molar-refractivity contribution is 7.92. The highest BCUT2D eigenvalue weighted by Gasteiger charge is 2.31. The lowest BCUT2D eigenvalue weighted by molar-refractivity contribution is -0.141. The van der Waals surface area contributed by atoms with Gasteiger partial charge in [-0.2, -0.15) is 0 Å². The van der Waals surface area contributed by atoms with Crippen LogP contribution < -0.4 is 9.62 Å². The largest absolute Gasteiger partial charge is 0.352 e. The molecule has 2 atom stereocenters. The molecule has 1 N–H and O–H groups in total. The number of hydrogen-bond donors (Lipinski definition) is 1. The molecule has 3 aromatic carbocycles. The number of para-hydroxylation sites is 1. The van der Waals surface area contributed by atoms with Crippen LogP contribution in [-0.4, -0.2) is 50.0 Å². The quantitative estimate of drug-likeness (QED) is 0.261. The molecule has 0 aromatic heterocycles. The molecule has 41 heavy (non-hydrogen) atoms. The number of hydrogen-bond acceptors (Lipinski definition) is 4. The fourth-order valence-corrected chi connectivity index (χ4v) is 5.64. The minimum Gasteiger partial charge on any atom is -0.352 e. The number of nitrogens with one attached hydrogen (secondary N) is 1. The zero-order chi connectivity index (χ0) is 30.0. The smallest absolute Gasteiger partial charge is 0.243 e. The van der Waals surface area contributed by atoms with Crippen molar-refractivity contribution in [2.75, 3.05) is 17.1 Å². The third-order valence-electron chi connectivity index (χ3n) is 6.79. The second-order valence-corrected chi connectivity index (χ2v) is 12.4. The van der Waals surface area contributed by atoms with Crippen molar-refractivity contribution < 1.29 is 22.4 Å². The van der Waals surface area contributed by atoms with E-state index in [1.165, 1.54) is 23.1 Å². The predicted molar refractivity (Wildman–Crippen MR) is 162 cm³/mol. The number of amides is 2. The van der Waals surface area contributed by atoms with E-state index >= 15 is 0 Å². The first kappa shape index (κ1) is 32.1. The van der Waals surface area contributed by atoms with Crippen LogP contribution in [0.1, 0.15) is 44.2 Å². The van der Waals surface area contributed by atoms with Gasteiger partial charge in [0.2, 0.25) is 21.8 Å². The molecule has 2 unspecified atom stereocenters. The molecule has 220 valence electrons. The third-order valence-corrected chi connectivity index (χ3v) is 8.20. The molecule has 3 rings (SSSR count). The van der Waals surface area contributed by atoms with Gasteiger partial charge >= 0.3 is 0 Å². The molecule has 0 fully saturated rings. The van der Waals surface area contributed by atoms with Crippen LogP contribution in [0, 0.1) is 5.82 Å². The molecular formula is C31H37ClFN3O4S. The Balaban J connectivity index is 1.90. The summed E-state index contributed by atoms with van der Waals surface area (Å²) in [7, 11) is -3.81. The van der Waals surface area contributed by atoms with Crippen molar-refractivity contribution >= 4 is 39.1 Å². The summed E-state index contributed by atoms with van der Waals surface area (Å²) in [6.45, 7) is 3.91. The molecule has 2 amide bonds. The average molecular weight is 602 g/mol. The average Bonchev–Trinajstić information content (AvgIpc) is 2.93. The molecule has 0 bridgehead atoms. The highest BCUT2D eigenvalue weighted by atomic mass is 35.5. The lowest BCUT2D eigenvalue weighted by atomic mass is 10.0. The fourth-order valence-electron chi connectivity index (χ4n) is 4.46. The maximum absolute atomic E-state index is 14.5. The van der Waals surface area contributed by atoms with Crippen LogP contribution in [0.25, 0.3) is 0 Å². The van der Waals surface area contributed by atoms with Crippen LogP contribution >= 0.6 is 11.6 Å². The monoisotopic (exact) mass is 601 g/mol. The van der Waals surface area contributed by atoms with E-state index in [0.29, 0.717) is 11.4 Å². The van der Waals surface area contributed by atoms with Gasteiger partial charge in [-0.05, 0) is 55.2 Å². The van der Waals surface area contributed by atoms with E-state index in [1.54, 1.807) is 24.3 Å². The third kappa shape index (κ3) is 9.57. The van der Waals surface area contributed by atoms with E-state index in [1.807, 2.05) is 50.2 Å². The van der Waals surface area contributed by atoms with Gasteiger partial charge in [0.05, 0.1) is 11.9 Å². The molecule has 0 aliphatic rings. The summed E-state index contributed by atoms with van der Waals surface area (Å²) >= 11 is 6.22. The first-order valence-electron chi connectivity index (χ1n) is 13.6. The molecule has 3 aromatic rings. The first-order chi connectivity index (χ1) is 19.5. The zero-order valence-electron chi connectivity index (χ0n) is 23.6. The topological polar surface area (TPSA) is 86.8 Å². The summed E-state index contributed by atoms with van der Waals surface area (Å²) in [5, 5.41) is 3.52.